The molecule has 1 saturated carbocycles. The number of aliphatic hydroxyl groups excluding tert-OH is 1. The van der Waals surface area contributed by atoms with Gasteiger partial charge < -0.3 is 15.2 Å². The van der Waals surface area contributed by atoms with Crippen molar-refractivity contribution in [3.05, 3.63) is 17.6 Å². The number of nitrogens with zero attached hydrogens (tertiary/aromatic N) is 2. The van der Waals surface area contributed by atoms with Crippen LogP contribution in [-0.2, 0) is 11.3 Å². The van der Waals surface area contributed by atoms with Crippen LogP contribution in [0.1, 0.15) is 43.6 Å². The van der Waals surface area contributed by atoms with Crippen molar-refractivity contribution < 1.29 is 9.84 Å². The van der Waals surface area contributed by atoms with Crippen molar-refractivity contribution in [1.82, 2.24) is 9.97 Å². The number of anilines is 1. The molecule has 5 nitrogen and oxygen atoms in total. The molecule has 1 aromatic rings. The highest BCUT2D eigenvalue weighted by Crippen LogP contribution is 2.25. The highest BCUT2D eigenvalue weighted by atomic mass is 16.5. The Labute approximate surface area is 120 Å². The Hall–Kier alpha value is -1.20. The maximum Gasteiger partial charge on any atom is 0.156 e. The van der Waals surface area contributed by atoms with Crippen molar-refractivity contribution in [2.24, 2.45) is 5.92 Å². The molecule has 1 fully saturated rings. The van der Waals surface area contributed by atoms with Crippen molar-refractivity contribution in [3.8, 4) is 0 Å². The summed E-state index contributed by atoms with van der Waals surface area (Å²) >= 11 is 0. The van der Waals surface area contributed by atoms with Crippen LogP contribution in [0.4, 0.5) is 5.82 Å². The zero-order valence-corrected chi connectivity index (χ0v) is 12.4. The van der Waals surface area contributed by atoms with Gasteiger partial charge in [0, 0.05) is 37.4 Å². The van der Waals surface area contributed by atoms with E-state index in [0.29, 0.717) is 24.4 Å². The molecule has 0 bridgehead atoms. The molecule has 0 unspecified atom stereocenters. The van der Waals surface area contributed by atoms with E-state index in [0.717, 1.165) is 24.4 Å². The predicted octanol–water partition coefficient (Wildman–Crippen LogP) is 2.28. The first kappa shape index (κ1) is 15.2. The lowest BCUT2D eigenvalue weighted by atomic mass is 9.95. The predicted molar refractivity (Wildman–Crippen MR) is 78.6 cm³/mol. The molecule has 1 aliphatic carbocycles. The Kier molecular flexibility index (Phi) is 5.73. The molecule has 112 valence electrons. The van der Waals surface area contributed by atoms with Gasteiger partial charge in [-0.25, -0.2) is 9.97 Å². The minimum absolute atomic E-state index is 0.243. The molecule has 0 saturated heterocycles. The van der Waals surface area contributed by atoms with E-state index in [1.54, 1.807) is 7.11 Å². The largest absolute Gasteiger partial charge is 0.396 e. The molecule has 2 rings (SSSR count). The summed E-state index contributed by atoms with van der Waals surface area (Å²) in [6.07, 6.45) is 5.85. The third-order valence-corrected chi connectivity index (χ3v) is 3.90. The SMILES string of the molecule is COCc1nc(C)cc(N[C@H]2CCCCC[C@@H]2CO)n1. The van der Waals surface area contributed by atoms with Gasteiger partial charge in [0.25, 0.3) is 0 Å². The van der Waals surface area contributed by atoms with E-state index in [9.17, 15) is 5.11 Å². The zero-order valence-electron chi connectivity index (χ0n) is 12.4. The van der Waals surface area contributed by atoms with E-state index in [-0.39, 0.29) is 6.61 Å². The topological polar surface area (TPSA) is 67.3 Å². The van der Waals surface area contributed by atoms with Crippen LogP contribution in [0, 0.1) is 12.8 Å². The van der Waals surface area contributed by atoms with Crippen LogP contribution in [0.25, 0.3) is 0 Å². The number of hydrogen-bond acceptors (Lipinski definition) is 5. The minimum Gasteiger partial charge on any atom is -0.396 e. The second-order valence-corrected chi connectivity index (χ2v) is 5.58. The van der Waals surface area contributed by atoms with Crippen molar-refractivity contribution in [2.75, 3.05) is 19.0 Å². The molecular weight excluding hydrogens is 254 g/mol. The Morgan fingerprint density at radius 3 is 2.85 bits per heavy atom. The third-order valence-electron chi connectivity index (χ3n) is 3.90. The molecule has 0 amide bonds. The van der Waals surface area contributed by atoms with Crippen molar-refractivity contribution in [2.45, 2.75) is 51.7 Å². The van der Waals surface area contributed by atoms with Gasteiger partial charge in [-0.2, -0.15) is 0 Å². The first-order valence-corrected chi connectivity index (χ1v) is 7.44. The number of rotatable bonds is 5. The summed E-state index contributed by atoms with van der Waals surface area (Å²) in [5, 5.41) is 13.1. The Morgan fingerprint density at radius 1 is 1.30 bits per heavy atom. The highest BCUT2D eigenvalue weighted by Gasteiger charge is 2.23. The summed E-state index contributed by atoms with van der Waals surface area (Å²) in [6, 6.07) is 2.26. The Morgan fingerprint density at radius 2 is 2.10 bits per heavy atom. The lowest BCUT2D eigenvalue weighted by molar-refractivity contribution is 0.177. The maximum atomic E-state index is 9.57. The van der Waals surface area contributed by atoms with E-state index < -0.39 is 0 Å². The van der Waals surface area contributed by atoms with Gasteiger partial charge in [-0.05, 0) is 19.8 Å². The van der Waals surface area contributed by atoms with Gasteiger partial charge in [0.15, 0.2) is 5.82 Å². The van der Waals surface area contributed by atoms with Crippen LogP contribution in [0.15, 0.2) is 6.07 Å². The number of aryl methyl sites for hydroxylation is 1. The van der Waals surface area contributed by atoms with E-state index in [4.69, 9.17) is 4.74 Å². The smallest absolute Gasteiger partial charge is 0.156 e. The lowest BCUT2D eigenvalue weighted by Crippen LogP contribution is -2.31. The molecule has 0 aromatic carbocycles. The van der Waals surface area contributed by atoms with Crippen LogP contribution >= 0.6 is 0 Å². The number of ether oxygens (including phenoxy) is 1. The molecule has 5 heteroatoms. The highest BCUT2D eigenvalue weighted by molar-refractivity contribution is 5.37. The van der Waals surface area contributed by atoms with Gasteiger partial charge in [-0.15, -0.1) is 0 Å². The first-order chi connectivity index (χ1) is 9.72. The van der Waals surface area contributed by atoms with Gasteiger partial charge in [0.1, 0.15) is 12.4 Å². The summed E-state index contributed by atoms with van der Waals surface area (Å²) < 4.78 is 5.10. The molecule has 20 heavy (non-hydrogen) atoms. The van der Waals surface area contributed by atoms with E-state index in [1.807, 2.05) is 13.0 Å². The molecule has 1 heterocycles. The summed E-state index contributed by atoms with van der Waals surface area (Å²) in [5.41, 5.74) is 0.934. The first-order valence-electron chi connectivity index (χ1n) is 7.44. The molecular formula is C15H25N3O2. The van der Waals surface area contributed by atoms with Crippen LogP contribution in [0.5, 0.6) is 0 Å². The fourth-order valence-corrected chi connectivity index (χ4v) is 2.88. The molecule has 2 atom stereocenters. The molecule has 0 aliphatic heterocycles. The van der Waals surface area contributed by atoms with Gasteiger partial charge in [0.2, 0.25) is 0 Å². The quantitative estimate of drug-likeness (QED) is 0.809. The fraction of sp³-hybridized carbons (Fsp3) is 0.733. The van der Waals surface area contributed by atoms with E-state index in [2.05, 4.69) is 15.3 Å². The van der Waals surface area contributed by atoms with Gasteiger partial charge in [-0.3, -0.25) is 0 Å². The second-order valence-electron chi connectivity index (χ2n) is 5.58. The van der Waals surface area contributed by atoms with Crippen LogP contribution in [0.2, 0.25) is 0 Å². The summed E-state index contributed by atoms with van der Waals surface area (Å²) in [7, 11) is 1.64. The molecule has 0 spiro atoms. The van der Waals surface area contributed by atoms with E-state index >= 15 is 0 Å². The van der Waals surface area contributed by atoms with Gasteiger partial charge in [-0.1, -0.05) is 19.3 Å². The maximum absolute atomic E-state index is 9.57. The summed E-state index contributed by atoms with van der Waals surface area (Å²) in [6.45, 7) is 2.62. The fourth-order valence-electron chi connectivity index (χ4n) is 2.88. The molecule has 1 aliphatic rings. The van der Waals surface area contributed by atoms with E-state index in [1.165, 1.54) is 19.3 Å². The zero-order chi connectivity index (χ0) is 14.4. The minimum atomic E-state index is 0.243. The number of methoxy groups -OCH3 is 1. The van der Waals surface area contributed by atoms with Gasteiger partial charge in [0.05, 0.1) is 0 Å². The van der Waals surface area contributed by atoms with Crippen molar-refractivity contribution in [1.29, 1.82) is 0 Å². The normalized spacial score (nSPS) is 23.4. The third kappa shape index (κ3) is 4.15. The number of nitrogens with one attached hydrogen (secondary N) is 1. The average Bonchev–Trinajstić information content (AvgIpc) is 2.63. The lowest BCUT2D eigenvalue weighted by Gasteiger charge is -2.25. The number of hydrogen-bond donors (Lipinski definition) is 2. The Balaban J connectivity index is 2.10. The summed E-state index contributed by atoms with van der Waals surface area (Å²) in [4.78, 5) is 8.84. The van der Waals surface area contributed by atoms with Crippen molar-refractivity contribution >= 4 is 5.82 Å². The summed E-state index contributed by atoms with van der Waals surface area (Å²) in [5.74, 6) is 1.86. The number of aromatic nitrogens is 2. The molecule has 0 radical (unpaired) electrons. The van der Waals surface area contributed by atoms with Crippen LogP contribution < -0.4 is 5.32 Å². The molecule has 1 aromatic heterocycles. The standard InChI is InChI=1S/C15H25N3O2/c1-11-8-14(18-15(16-11)10-20-2)17-13-7-5-3-4-6-12(13)9-19/h8,12-13,19H,3-7,9-10H2,1-2H3,(H,16,17,18)/t12-,13+/m1/s1. The number of aliphatic hydroxyl groups is 1. The Bertz CT molecular complexity index is 426. The van der Waals surface area contributed by atoms with Crippen molar-refractivity contribution in [3.63, 3.8) is 0 Å². The monoisotopic (exact) mass is 279 g/mol. The van der Waals surface area contributed by atoms with Crippen LogP contribution in [0.3, 0.4) is 0 Å². The molecule has 2 N–H and O–H groups in total. The average molecular weight is 279 g/mol. The van der Waals surface area contributed by atoms with Gasteiger partial charge >= 0.3 is 0 Å². The second kappa shape index (κ2) is 7.55. The van der Waals surface area contributed by atoms with Crippen LogP contribution in [-0.4, -0.2) is 34.8 Å².